The number of ether oxygens (including phenoxy) is 1. The van der Waals surface area contributed by atoms with Crippen LogP contribution in [0.1, 0.15) is 64.2 Å². The fourth-order valence-electron chi connectivity index (χ4n) is 4.33. The largest absolute Gasteiger partial charge is 0.444 e. The average molecular weight is 437 g/mol. The lowest BCUT2D eigenvalue weighted by atomic mass is 9.90. The van der Waals surface area contributed by atoms with E-state index in [0.717, 1.165) is 25.1 Å². The molecule has 0 aromatic heterocycles. The third-order valence-electron chi connectivity index (χ3n) is 6.07. The van der Waals surface area contributed by atoms with E-state index >= 15 is 0 Å². The summed E-state index contributed by atoms with van der Waals surface area (Å²) in [7, 11) is 0. The molecular formula is C28H40N2O2. The van der Waals surface area contributed by atoms with Crippen molar-refractivity contribution in [1.82, 2.24) is 9.80 Å². The van der Waals surface area contributed by atoms with Gasteiger partial charge in [-0.05, 0) is 62.6 Å². The fraction of sp³-hybridized carbons (Fsp3) is 0.536. The van der Waals surface area contributed by atoms with Crippen LogP contribution < -0.4 is 0 Å². The number of carbonyl (C=O) groups excluding carboxylic acids is 1. The van der Waals surface area contributed by atoms with Gasteiger partial charge in [-0.25, -0.2) is 4.79 Å². The number of fused-ring (bicyclic) bond motifs is 1. The zero-order valence-corrected chi connectivity index (χ0v) is 20.5. The normalized spacial score (nSPS) is 16.6. The Balaban J connectivity index is 1.73. The van der Waals surface area contributed by atoms with Crippen LogP contribution in [0.15, 0.2) is 54.6 Å². The Bertz CT molecular complexity index is 857. The Morgan fingerprint density at radius 2 is 1.72 bits per heavy atom. The number of rotatable bonds is 8. The first-order valence-electron chi connectivity index (χ1n) is 12.0. The molecule has 2 aromatic rings. The monoisotopic (exact) mass is 436 g/mol. The van der Waals surface area contributed by atoms with Crippen molar-refractivity contribution >= 4 is 6.09 Å². The van der Waals surface area contributed by atoms with E-state index in [1.807, 2.05) is 43.9 Å². The van der Waals surface area contributed by atoms with Gasteiger partial charge in [-0.15, -0.1) is 0 Å². The molecule has 1 aliphatic heterocycles. The van der Waals surface area contributed by atoms with Gasteiger partial charge in [-0.3, -0.25) is 4.90 Å². The van der Waals surface area contributed by atoms with Crippen molar-refractivity contribution in [2.24, 2.45) is 5.92 Å². The van der Waals surface area contributed by atoms with Gasteiger partial charge in [0.05, 0.1) is 0 Å². The second kappa shape index (κ2) is 11.0. The van der Waals surface area contributed by atoms with Gasteiger partial charge in [0.1, 0.15) is 5.60 Å². The second-order valence-electron chi connectivity index (χ2n) is 10.5. The molecule has 32 heavy (non-hydrogen) atoms. The highest BCUT2D eigenvalue weighted by atomic mass is 16.6. The van der Waals surface area contributed by atoms with Crippen LogP contribution in [-0.2, 0) is 24.2 Å². The molecular weight excluding hydrogens is 396 g/mol. The standard InChI is InChI=1S/C28H40N2O2/c1-22(2)15-16-26-19-24-13-9-10-14-25(24)21-29(26)17-18-30(27(31)32-28(3,4)5)20-23-11-7-6-8-12-23/h6-14,22,26H,15-21H2,1-5H3. The molecule has 1 unspecified atom stereocenters. The van der Waals surface area contributed by atoms with Gasteiger partial charge in [0.15, 0.2) is 0 Å². The van der Waals surface area contributed by atoms with Crippen LogP contribution in [0.2, 0.25) is 0 Å². The summed E-state index contributed by atoms with van der Waals surface area (Å²) in [5.74, 6) is 0.699. The smallest absolute Gasteiger partial charge is 0.410 e. The number of hydrogen-bond acceptors (Lipinski definition) is 3. The van der Waals surface area contributed by atoms with Crippen molar-refractivity contribution in [3.8, 4) is 0 Å². The highest BCUT2D eigenvalue weighted by Gasteiger charge is 2.28. The molecule has 0 bridgehead atoms. The quantitative estimate of drug-likeness (QED) is 0.488. The van der Waals surface area contributed by atoms with Crippen molar-refractivity contribution in [2.75, 3.05) is 13.1 Å². The van der Waals surface area contributed by atoms with E-state index in [4.69, 9.17) is 4.74 Å². The Labute approximate surface area is 194 Å². The Morgan fingerprint density at radius 3 is 2.38 bits per heavy atom. The molecule has 174 valence electrons. The van der Waals surface area contributed by atoms with E-state index in [1.165, 1.54) is 24.0 Å². The SMILES string of the molecule is CC(C)CCC1Cc2ccccc2CN1CCN(Cc1ccccc1)C(=O)OC(C)(C)C. The molecule has 1 aliphatic rings. The third-order valence-corrected chi connectivity index (χ3v) is 6.07. The van der Waals surface area contributed by atoms with Gasteiger partial charge in [-0.2, -0.15) is 0 Å². The first-order chi connectivity index (χ1) is 15.2. The summed E-state index contributed by atoms with van der Waals surface area (Å²) in [5, 5.41) is 0. The van der Waals surface area contributed by atoms with E-state index in [0.29, 0.717) is 25.0 Å². The topological polar surface area (TPSA) is 32.8 Å². The predicted octanol–water partition coefficient (Wildman–Crippen LogP) is 6.29. The molecule has 0 aliphatic carbocycles. The predicted molar refractivity (Wildman–Crippen MR) is 132 cm³/mol. The molecule has 1 heterocycles. The molecule has 0 saturated carbocycles. The number of amides is 1. The van der Waals surface area contributed by atoms with Crippen molar-refractivity contribution < 1.29 is 9.53 Å². The van der Waals surface area contributed by atoms with Crippen LogP contribution in [-0.4, -0.2) is 40.6 Å². The summed E-state index contributed by atoms with van der Waals surface area (Å²) in [6.07, 6.45) is 3.27. The van der Waals surface area contributed by atoms with Crippen molar-refractivity contribution in [2.45, 2.75) is 78.6 Å². The lowest BCUT2D eigenvalue weighted by Gasteiger charge is -2.38. The van der Waals surface area contributed by atoms with Crippen molar-refractivity contribution in [3.63, 3.8) is 0 Å². The zero-order valence-electron chi connectivity index (χ0n) is 20.5. The summed E-state index contributed by atoms with van der Waals surface area (Å²) >= 11 is 0. The molecule has 3 rings (SSSR count). The molecule has 4 heteroatoms. The highest BCUT2D eigenvalue weighted by Crippen LogP contribution is 2.27. The van der Waals surface area contributed by atoms with Crippen LogP contribution in [0, 0.1) is 5.92 Å². The zero-order chi connectivity index (χ0) is 23.1. The molecule has 0 radical (unpaired) electrons. The van der Waals surface area contributed by atoms with Crippen LogP contribution in [0.5, 0.6) is 0 Å². The van der Waals surface area contributed by atoms with Crippen LogP contribution in [0.4, 0.5) is 4.79 Å². The number of nitrogens with zero attached hydrogens (tertiary/aromatic N) is 2. The van der Waals surface area contributed by atoms with Crippen LogP contribution >= 0.6 is 0 Å². The first kappa shape index (κ1) is 24.3. The number of benzene rings is 2. The van der Waals surface area contributed by atoms with Crippen molar-refractivity contribution in [3.05, 3.63) is 71.3 Å². The molecule has 0 fully saturated rings. The third kappa shape index (κ3) is 7.37. The minimum absolute atomic E-state index is 0.238. The lowest BCUT2D eigenvalue weighted by Crippen LogP contribution is -2.46. The van der Waals surface area contributed by atoms with Crippen molar-refractivity contribution in [1.29, 1.82) is 0 Å². The van der Waals surface area contributed by atoms with Gasteiger partial charge in [0.25, 0.3) is 0 Å². The van der Waals surface area contributed by atoms with Crippen LogP contribution in [0.25, 0.3) is 0 Å². The molecule has 0 saturated heterocycles. The van der Waals surface area contributed by atoms with Gasteiger partial charge >= 0.3 is 6.09 Å². The van der Waals surface area contributed by atoms with E-state index in [2.05, 4.69) is 55.1 Å². The molecule has 4 nitrogen and oxygen atoms in total. The van der Waals surface area contributed by atoms with Gasteiger partial charge in [0.2, 0.25) is 0 Å². The highest BCUT2D eigenvalue weighted by molar-refractivity contribution is 5.68. The first-order valence-corrected chi connectivity index (χ1v) is 12.0. The Kier molecular flexibility index (Phi) is 8.36. The summed E-state index contributed by atoms with van der Waals surface area (Å²) in [6.45, 7) is 13.4. The molecule has 1 atom stereocenters. The summed E-state index contributed by atoms with van der Waals surface area (Å²) < 4.78 is 5.74. The summed E-state index contributed by atoms with van der Waals surface area (Å²) in [4.78, 5) is 17.5. The minimum atomic E-state index is -0.504. The van der Waals surface area contributed by atoms with E-state index < -0.39 is 5.60 Å². The van der Waals surface area contributed by atoms with Gasteiger partial charge < -0.3 is 9.64 Å². The maximum absolute atomic E-state index is 13.0. The maximum atomic E-state index is 13.0. The van der Waals surface area contributed by atoms with Gasteiger partial charge in [0, 0.05) is 32.2 Å². The Morgan fingerprint density at radius 1 is 1.06 bits per heavy atom. The summed E-state index contributed by atoms with van der Waals surface area (Å²) in [6, 6.07) is 19.5. The van der Waals surface area contributed by atoms with Gasteiger partial charge in [-0.1, -0.05) is 68.4 Å². The average Bonchev–Trinajstić information content (AvgIpc) is 2.74. The minimum Gasteiger partial charge on any atom is -0.444 e. The molecule has 2 aromatic carbocycles. The molecule has 0 N–H and O–H groups in total. The van der Waals surface area contributed by atoms with E-state index in [1.54, 1.807) is 0 Å². The lowest BCUT2D eigenvalue weighted by molar-refractivity contribution is 0.0196. The summed E-state index contributed by atoms with van der Waals surface area (Å²) in [5.41, 5.74) is 3.51. The molecule has 0 spiro atoms. The van der Waals surface area contributed by atoms with E-state index in [-0.39, 0.29) is 6.09 Å². The Hall–Kier alpha value is -2.33. The number of hydrogen-bond donors (Lipinski definition) is 0. The molecule has 1 amide bonds. The van der Waals surface area contributed by atoms with E-state index in [9.17, 15) is 4.79 Å². The fourth-order valence-corrected chi connectivity index (χ4v) is 4.33. The second-order valence-corrected chi connectivity index (χ2v) is 10.5. The van der Waals surface area contributed by atoms with Crippen LogP contribution in [0.3, 0.4) is 0 Å². The maximum Gasteiger partial charge on any atom is 0.410 e. The number of carbonyl (C=O) groups is 1.